The maximum Gasteiger partial charge on any atom is 0.241 e. The molecule has 1 heterocycles. The molecule has 1 amide bonds. The molecule has 0 saturated carbocycles. The largest absolute Gasteiger partial charge is 0.346 e. The third kappa shape index (κ3) is 4.03. The van der Waals surface area contributed by atoms with Crippen molar-refractivity contribution >= 4 is 11.6 Å². The molecule has 20 heavy (non-hydrogen) atoms. The second-order valence-corrected chi connectivity index (χ2v) is 4.93. The molecule has 0 unspecified atom stereocenters. The molecular formula is C15H22N2O3. The first-order valence-electron chi connectivity index (χ1n) is 7.10. The van der Waals surface area contributed by atoms with Crippen molar-refractivity contribution in [1.29, 1.82) is 0 Å². The van der Waals surface area contributed by atoms with E-state index in [1.807, 2.05) is 24.3 Å². The molecule has 1 fully saturated rings. The minimum atomic E-state index is -0.448. The van der Waals surface area contributed by atoms with Gasteiger partial charge in [0.15, 0.2) is 6.29 Å². The second kappa shape index (κ2) is 7.38. The van der Waals surface area contributed by atoms with Crippen LogP contribution in [0, 0.1) is 0 Å². The van der Waals surface area contributed by atoms with Crippen LogP contribution in [0.3, 0.4) is 0 Å². The highest BCUT2D eigenvalue weighted by molar-refractivity contribution is 5.94. The summed E-state index contributed by atoms with van der Waals surface area (Å²) in [4.78, 5) is 11.9. The summed E-state index contributed by atoms with van der Waals surface area (Å²) in [6, 6.07) is 7.01. The van der Waals surface area contributed by atoms with Crippen molar-refractivity contribution in [2.24, 2.45) is 5.73 Å². The third-order valence-corrected chi connectivity index (χ3v) is 3.28. The molecule has 1 atom stereocenters. The van der Waals surface area contributed by atoms with Gasteiger partial charge in [-0.15, -0.1) is 0 Å². The number of rotatable bonds is 6. The van der Waals surface area contributed by atoms with E-state index in [2.05, 4.69) is 12.2 Å². The highest BCUT2D eigenvalue weighted by Crippen LogP contribution is 2.24. The van der Waals surface area contributed by atoms with Crippen molar-refractivity contribution in [2.75, 3.05) is 18.5 Å². The monoisotopic (exact) mass is 278 g/mol. The molecule has 5 heteroatoms. The predicted molar refractivity (Wildman–Crippen MR) is 77.2 cm³/mol. The number of unbranched alkanes of at least 4 members (excludes halogenated alkanes) is 1. The summed E-state index contributed by atoms with van der Waals surface area (Å²) in [6.07, 6.45) is 2.43. The van der Waals surface area contributed by atoms with Crippen molar-refractivity contribution in [2.45, 2.75) is 38.5 Å². The molecule has 0 aliphatic carbocycles. The molecule has 2 rings (SSSR count). The van der Waals surface area contributed by atoms with Gasteiger partial charge in [0, 0.05) is 11.3 Å². The lowest BCUT2D eigenvalue weighted by Crippen LogP contribution is -2.35. The maximum atomic E-state index is 11.9. The zero-order valence-corrected chi connectivity index (χ0v) is 11.8. The molecule has 3 N–H and O–H groups in total. The van der Waals surface area contributed by atoms with Gasteiger partial charge in [0.25, 0.3) is 0 Å². The smallest absolute Gasteiger partial charge is 0.241 e. The number of ether oxygens (including phenoxy) is 2. The van der Waals surface area contributed by atoms with Gasteiger partial charge in [-0.2, -0.15) is 0 Å². The average Bonchev–Trinajstić information content (AvgIpc) is 2.99. The van der Waals surface area contributed by atoms with E-state index in [1.54, 1.807) is 0 Å². The van der Waals surface area contributed by atoms with Gasteiger partial charge >= 0.3 is 0 Å². The molecule has 1 saturated heterocycles. The van der Waals surface area contributed by atoms with Gasteiger partial charge in [0.05, 0.1) is 19.3 Å². The van der Waals surface area contributed by atoms with Gasteiger partial charge in [-0.25, -0.2) is 0 Å². The number of hydrogen-bond donors (Lipinski definition) is 2. The molecule has 5 nitrogen and oxygen atoms in total. The van der Waals surface area contributed by atoms with Crippen molar-refractivity contribution in [3.05, 3.63) is 29.8 Å². The third-order valence-electron chi connectivity index (χ3n) is 3.28. The summed E-state index contributed by atoms with van der Waals surface area (Å²) in [7, 11) is 0. The summed E-state index contributed by atoms with van der Waals surface area (Å²) in [5, 5.41) is 2.82. The molecule has 1 aromatic rings. The van der Waals surface area contributed by atoms with Crippen LogP contribution < -0.4 is 11.1 Å². The SMILES string of the molecule is CCCC[C@H](N)C(=O)Nc1ccc(C2OCCO2)cc1. The van der Waals surface area contributed by atoms with Crippen LogP contribution in [0.1, 0.15) is 38.0 Å². The van der Waals surface area contributed by atoms with E-state index in [0.717, 1.165) is 24.1 Å². The molecule has 1 aliphatic heterocycles. The summed E-state index contributed by atoms with van der Waals surface area (Å²) in [6.45, 7) is 3.32. The fourth-order valence-electron chi connectivity index (χ4n) is 2.06. The van der Waals surface area contributed by atoms with Crippen LogP contribution in [-0.4, -0.2) is 25.2 Å². The fraction of sp³-hybridized carbons (Fsp3) is 0.533. The van der Waals surface area contributed by atoms with E-state index in [4.69, 9.17) is 15.2 Å². The Morgan fingerprint density at radius 1 is 1.35 bits per heavy atom. The normalized spacial score (nSPS) is 17.1. The number of benzene rings is 1. The van der Waals surface area contributed by atoms with Crippen molar-refractivity contribution in [3.8, 4) is 0 Å². The maximum absolute atomic E-state index is 11.9. The number of amides is 1. The average molecular weight is 278 g/mol. The van der Waals surface area contributed by atoms with Crippen LogP contribution in [0.15, 0.2) is 24.3 Å². The van der Waals surface area contributed by atoms with E-state index in [1.165, 1.54) is 0 Å². The Morgan fingerprint density at radius 3 is 2.60 bits per heavy atom. The van der Waals surface area contributed by atoms with Gasteiger partial charge in [-0.1, -0.05) is 31.9 Å². The van der Waals surface area contributed by atoms with Crippen LogP contribution in [0.5, 0.6) is 0 Å². The predicted octanol–water partition coefficient (Wildman–Crippen LogP) is 2.19. The number of carbonyl (C=O) groups excluding carboxylic acids is 1. The van der Waals surface area contributed by atoms with E-state index >= 15 is 0 Å². The zero-order valence-electron chi connectivity index (χ0n) is 11.8. The zero-order chi connectivity index (χ0) is 14.4. The number of carbonyl (C=O) groups is 1. The van der Waals surface area contributed by atoms with Crippen LogP contribution in [-0.2, 0) is 14.3 Å². The summed E-state index contributed by atoms with van der Waals surface area (Å²) < 4.78 is 10.8. The van der Waals surface area contributed by atoms with Crippen molar-refractivity contribution in [3.63, 3.8) is 0 Å². The van der Waals surface area contributed by atoms with E-state index in [9.17, 15) is 4.79 Å². The number of anilines is 1. The minimum absolute atomic E-state index is 0.139. The minimum Gasteiger partial charge on any atom is -0.346 e. The summed E-state index contributed by atoms with van der Waals surface area (Å²) in [5.41, 5.74) is 7.52. The lowest BCUT2D eigenvalue weighted by Gasteiger charge is -2.13. The van der Waals surface area contributed by atoms with Crippen molar-refractivity contribution < 1.29 is 14.3 Å². The van der Waals surface area contributed by atoms with Crippen LogP contribution in [0.4, 0.5) is 5.69 Å². The molecule has 0 spiro atoms. The quantitative estimate of drug-likeness (QED) is 0.836. The lowest BCUT2D eigenvalue weighted by molar-refractivity contribution is -0.117. The fourth-order valence-corrected chi connectivity index (χ4v) is 2.06. The Kier molecular flexibility index (Phi) is 5.52. The Labute approximate surface area is 119 Å². The number of hydrogen-bond acceptors (Lipinski definition) is 4. The molecule has 1 aliphatic rings. The van der Waals surface area contributed by atoms with Crippen molar-refractivity contribution in [1.82, 2.24) is 0 Å². The molecule has 0 bridgehead atoms. The molecule has 0 radical (unpaired) electrons. The summed E-state index contributed by atoms with van der Waals surface area (Å²) in [5.74, 6) is -0.139. The molecule has 1 aromatic carbocycles. The van der Waals surface area contributed by atoms with E-state index < -0.39 is 6.04 Å². The Morgan fingerprint density at radius 2 is 2.00 bits per heavy atom. The van der Waals surface area contributed by atoms with E-state index in [0.29, 0.717) is 19.6 Å². The van der Waals surface area contributed by atoms with Crippen LogP contribution in [0.25, 0.3) is 0 Å². The first-order chi connectivity index (χ1) is 9.70. The Balaban J connectivity index is 1.88. The van der Waals surface area contributed by atoms with Gasteiger partial charge in [-0.3, -0.25) is 4.79 Å². The Bertz CT molecular complexity index is 427. The summed E-state index contributed by atoms with van der Waals surface area (Å²) >= 11 is 0. The molecule has 0 aromatic heterocycles. The Hall–Kier alpha value is -1.43. The van der Waals surface area contributed by atoms with Gasteiger partial charge in [0.1, 0.15) is 0 Å². The van der Waals surface area contributed by atoms with Crippen LogP contribution >= 0.6 is 0 Å². The van der Waals surface area contributed by atoms with Crippen LogP contribution in [0.2, 0.25) is 0 Å². The topological polar surface area (TPSA) is 73.6 Å². The van der Waals surface area contributed by atoms with Gasteiger partial charge in [0.2, 0.25) is 5.91 Å². The highest BCUT2D eigenvalue weighted by Gasteiger charge is 2.18. The first-order valence-corrected chi connectivity index (χ1v) is 7.10. The first kappa shape index (κ1) is 15.0. The second-order valence-electron chi connectivity index (χ2n) is 4.93. The van der Waals surface area contributed by atoms with E-state index in [-0.39, 0.29) is 12.2 Å². The lowest BCUT2D eigenvalue weighted by atomic mass is 10.1. The highest BCUT2D eigenvalue weighted by atomic mass is 16.7. The van der Waals surface area contributed by atoms with Gasteiger partial charge < -0.3 is 20.5 Å². The molecular weight excluding hydrogens is 256 g/mol. The number of nitrogens with one attached hydrogen (secondary N) is 1. The standard InChI is InChI=1S/C15H22N2O3/c1-2-3-4-13(16)14(18)17-12-7-5-11(6-8-12)15-19-9-10-20-15/h5-8,13,15H,2-4,9-10,16H2,1H3,(H,17,18)/t13-/m0/s1. The molecule has 110 valence electrons. The van der Waals surface area contributed by atoms with Gasteiger partial charge in [-0.05, 0) is 18.6 Å². The number of nitrogens with two attached hydrogens (primary N) is 1.